The molecule has 0 aliphatic rings. The lowest BCUT2D eigenvalue weighted by molar-refractivity contribution is 0.414. The molecule has 3 nitrogen and oxygen atoms in total. The first-order chi connectivity index (χ1) is 9.51. The number of hydrogen-bond acceptors (Lipinski definition) is 2. The van der Waals surface area contributed by atoms with Crippen molar-refractivity contribution >= 4 is 10.9 Å². The highest BCUT2D eigenvalue weighted by Gasteiger charge is 2.08. The molecule has 0 fully saturated rings. The molecule has 110 valence electrons. The van der Waals surface area contributed by atoms with Gasteiger partial charge < -0.3 is 14.6 Å². The molecule has 2 rings (SSSR count). The maximum Gasteiger partial charge on any atom is 0.128 e. The fraction of sp³-hybridized carbons (Fsp3) is 0.529. The van der Waals surface area contributed by atoms with Crippen LogP contribution < -0.4 is 10.1 Å². The van der Waals surface area contributed by atoms with Crippen molar-refractivity contribution in [1.82, 2.24) is 9.88 Å². The average Bonchev–Trinajstić information content (AvgIpc) is 2.80. The van der Waals surface area contributed by atoms with Gasteiger partial charge in [-0.25, -0.2) is 0 Å². The highest BCUT2D eigenvalue weighted by atomic mass is 16.5. The van der Waals surface area contributed by atoms with Crippen molar-refractivity contribution in [2.75, 3.05) is 13.7 Å². The van der Waals surface area contributed by atoms with E-state index in [0.29, 0.717) is 0 Å². The number of rotatable bonds is 6. The molecule has 3 heteroatoms. The summed E-state index contributed by atoms with van der Waals surface area (Å²) in [5.41, 5.74) is 1.47. The van der Waals surface area contributed by atoms with E-state index in [4.69, 9.17) is 4.74 Å². The molecule has 0 aliphatic carbocycles. The van der Waals surface area contributed by atoms with E-state index < -0.39 is 0 Å². The normalized spacial score (nSPS) is 12.0. The lowest BCUT2D eigenvalue weighted by Crippen LogP contribution is -2.36. The predicted octanol–water partition coefficient (Wildman–Crippen LogP) is 3.82. The molecule has 0 bridgehead atoms. The van der Waals surface area contributed by atoms with Crippen LogP contribution in [-0.2, 0) is 6.54 Å². The van der Waals surface area contributed by atoms with E-state index in [1.54, 1.807) is 7.11 Å². The first kappa shape index (κ1) is 14.9. The van der Waals surface area contributed by atoms with E-state index in [1.165, 1.54) is 23.7 Å². The number of nitrogens with one attached hydrogen (secondary N) is 1. The van der Waals surface area contributed by atoms with Crippen LogP contribution in [0.25, 0.3) is 10.9 Å². The van der Waals surface area contributed by atoms with Gasteiger partial charge in [0.15, 0.2) is 0 Å². The van der Waals surface area contributed by atoms with Crippen molar-refractivity contribution < 1.29 is 4.74 Å². The average molecular weight is 274 g/mol. The molecule has 2 aromatic rings. The van der Waals surface area contributed by atoms with Crippen LogP contribution in [0.4, 0.5) is 0 Å². The number of fused-ring (bicyclic) bond motifs is 1. The molecule has 0 amide bonds. The summed E-state index contributed by atoms with van der Waals surface area (Å²) in [5, 5.41) is 4.73. The van der Waals surface area contributed by atoms with E-state index >= 15 is 0 Å². The summed E-state index contributed by atoms with van der Waals surface area (Å²) in [5.74, 6) is 0.954. The highest BCUT2D eigenvalue weighted by Crippen LogP contribution is 2.26. The zero-order valence-corrected chi connectivity index (χ0v) is 13.1. The molecular formula is C17H26N2O. The monoisotopic (exact) mass is 274 g/mol. The van der Waals surface area contributed by atoms with E-state index in [9.17, 15) is 0 Å². The van der Waals surface area contributed by atoms with Gasteiger partial charge >= 0.3 is 0 Å². The summed E-state index contributed by atoms with van der Waals surface area (Å²) in [6.07, 6.45) is 4.54. The van der Waals surface area contributed by atoms with Crippen molar-refractivity contribution in [2.24, 2.45) is 0 Å². The minimum Gasteiger partial charge on any atom is -0.496 e. The Morgan fingerprint density at radius 2 is 1.95 bits per heavy atom. The molecule has 0 radical (unpaired) electrons. The number of methoxy groups -OCH3 is 1. The summed E-state index contributed by atoms with van der Waals surface area (Å²) < 4.78 is 7.71. The second-order valence-corrected chi connectivity index (χ2v) is 6.29. The standard InChI is InChI=1S/C17H26N2O/c1-17(2,3)18-11-5-6-12-19-13-10-14-15(19)8-7-9-16(14)20-4/h7-10,13,18H,5-6,11-12H2,1-4H3. The molecule has 0 unspecified atom stereocenters. The highest BCUT2D eigenvalue weighted by molar-refractivity contribution is 5.86. The zero-order valence-electron chi connectivity index (χ0n) is 13.1. The van der Waals surface area contributed by atoms with Gasteiger partial charge in [0.25, 0.3) is 0 Å². The summed E-state index contributed by atoms with van der Waals surface area (Å²) in [6, 6.07) is 8.37. The Morgan fingerprint density at radius 3 is 2.65 bits per heavy atom. The van der Waals surface area contributed by atoms with Gasteiger partial charge in [0.2, 0.25) is 0 Å². The molecule has 1 aromatic heterocycles. The smallest absolute Gasteiger partial charge is 0.128 e. The third kappa shape index (κ3) is 3.76. The lowest BCUT2D eigenvalue weighted by Gasteiger charge is -2.20. The molecule has 0 saturated heterocycles. The Morgan fingerprint density at radius 1 is 1.15 bits per heavy atom. The summed E-state index contributed by atoms with van der Waals surface area (Å²) in [4.78, 5) is 0. The van der Waals surface area contributed by atoms with Crippen molar-refractivity contribution in [3.05, 3.63) is 30.5 Å². The quantitative estimate of drug-likeness (QED) is 0.810. The van der Waals surface area contributed by atoms with E-state index in [1.807, 2.05) is 6.07 Å². The minimum atomic E-state index is 0.216. The number of aryl methyl sites for hydroxylation is 1. The van der Waals surface area contributed by atoms with E-state index in [0.717, 1.165) is 18.8 Å². The molecule has 0 atom stereocenters. The molecule has 0 saturated carbocycles. The van der Waals surface area contributed by atoms with Gasteiger partial charge in [0.05, 0.1) is 12.6 Å². The Hall–Kier alpha value is -1.48. The van der Waals surface area contributed by atoms with Crippen LogP contribution in [0.1, 0.15) is 33.6 Å². The van der Waals surface area contributed by atoms with Crippen LogP contribution in [0, 0.1) is 0 Å². The number of hydrogen-bond donors (Lipinski definition) is 1. The van der Waals surface area contributed by atoms with Crippen LogP contribution in [0.3, 0.4) is 0 Å². The van der Waals surface area contributed by atoms with Crippen molar-refractivity contribution in [3.8, 4) is 5.75 Å². The Labute approximate surface area is 121 Å². The number of aromatic nitrogens is 1. The van der Waals surface area contributed by atoms with Crippen molar-refractivity contribution in [1.29, 1.82) is 0 Å². The van der Waals surface area contributed by atoms with Gasteiger partial charge in [0.1, 0.15) is 5.75 Å². The second-order valence-electron chi connectivity index (χ2n) is 6.29. The first-order valence-electron chi connectivity index (χ1n) is 7.38. The van der Waals surface area contributed by atoms with Gasteiger partial charge in [-0.15, -0.1) is 0 Å². The van der Waals surface area contributed by atoms with Gasteiger partial charge in [-0.1, -0.05) is 6.07 Å². The van der Waals surface area contributed by atoms with Gasteiger partial charge in [0, 0.05) is 23.7 Å². The van der Waals surface area contributed by atoms with Crippen LogP contribution >= 0.6 is 0 Å². The maximum absolute atomic E-state index is 5.40. The number of benzene rings is 1. The molecule has 0 spiro atoms. The summed E-state index contributed by atoms with van der Waals surface area (Å²) >= 11 is 0. The second kappa shape index (κ2) is 6.31. The SMILES string of the molecule is COc1cccc2c1ccn2CCCCNC(C)(C)C. The fourth-order valence-electron chi connectivity index (χ4n) is 2.44. The Kier molecular flexibility index (Phi) is 4.71. The van der Waals surface area contributed by atoms with Crippen LogP contribution in [0.15, 0.2) is 30.5 Å². The molecule has 0 aliphatic heterocycles. The molecule has 20 heavy (non-hydrogen) atoms. The molecular weight excluding hydrogens is 248 g/mol. The van der Waals surface area contributed by atoms with Crippen LogP contribution in [0.2, 0.25) is 0 Å². The van der Waals surface area contributed by atoms with Gasteiger partial charge in [-0.3, -0.25) is 0 Å². The Bertz CT molecular complexity index is 552. The van der Waals surface area contributed by atoms with Crippen molar-refractivity contribution in [3.63, 3.8) is 0 Å². The summed E-state index contributed by atoms with van der Waals surface area (Å²) in [6.45, 7) is 8.75. The predicted molar refractivity (Wildman–Crippen MR) is 85.5 cm³/mol. The zero-order chi connectivity index (χ0) is 14.6. The molecule has 1 aromatic carbocycles. The number of nitrogens with zero attached hydrogens (tertiary/aromatic N) is 1. The topological polar surface area (TPSA) is 26.2 Å². The minimum absolute atomic E-state index is 0.216. The fourth-order valence-corrected chi connectivity index (χ4v) is 2.44. The van der Waals surface area contributed by atoms with Crippen LogP contribution in [-0.4, -0.2) is 23.8 Å². The van der Waals surface area contributed by atoms with E-state index in [2.05, 4.69) is 55.1 Å². The Balaban J connectivity index is 1.91. The third-order valence-electron chi connectivity index (χ3n) is 3.47. The van der Waals surface area contributed by atoms with Gasteiger partial charge in [-0.05, 0) is 58.4 Å². The van der Waals surface area contributed by atoms with Gasteiger partial charge in [-0.2, -0.15) is 0 Å². The number of ether oxygens (including phenoxy) is 1. The maximum atomic E-state index is 5.40. The molecule has 1 heterocycles. The summed E-state index contributed by atoms with van der Waals surface area (Å²) in [7, 11) is 1.73. The molecule has 1 N–H and O–H groups in total. The van der Waals surface area contributed by atoms with E-state index in [-0.39, 0.29) is 5.54 Å². The first-order valence-corrected chi connectivity index (χ1v) is 7.38. The third-order valence-corrected chi connectivity index (χ3v) is 3.47. The van der Waals surface area contributed by atoms with Crippen LogP contribution in [0.5, 0.6) is 5.75 Å². The lowest BCUT2D eigenvalue weighted by atomic mass is 10.1. The largest absolute Gasteiger partial charge is 0.496 e. The number of unbranched alkanes of at least 4 members (excludes halogenated alkanes) is 1. The van der Waals surface area contributed by atoms with Crippen molar-refractivity contribution in [2.45, 2.75) is 45.7 Å².